The van der Waals surface area contributed by atoms with E-state index < -0.39 is 0 Å². The van der Waals surface area contributed by atoms with Crippen molar-refractivity contribution in [2.45, 2.75) is 13.0 Å². The molecule has 8 heteroatoms. The smallest absolute Gasteiger partial charge is 0.234 e. The number of nitrogens with one attached hydrogen (secondary N) is 1. The van der Waals surface area contributed by atoms with Crippen molar-refractivity contribution in [3.63, 3.8) is 0 Å². The molecule has 8 nitrogen and oxygen atoms in total. The van der Waals surface area contributed by atoms with Gasteiger partial charge in [0.15, 0.2) is 0 Å². The lowest BCUT2D eigenvalue weighted by Gasteiger charge is -2.35. The second-order valence-electron chi connectivity index (χ2n) is 8.47. The van der Waals surface area contributed by atoms with Crippen molar-refractivity contribution < 1.29 is 19.1 Å². The van der Waals surface area contributed by atoms with Crippen LogP contribution in [0.25, 0.3) is 0 Å². The number of carbonyl (C=O) groups is 3. The average molecular weight is 451 g/mol. The van der Waals surface area contributed by atoms with Crippen LogP contribution in [0.5, 0.6) is 5.75 Å². The molecule has 174 valence electrons. The van der Waals surface area contributed by atoms with Crippen molar-refractivity contribution in [1.82, 2.24) is 15.1 Å². The second-order valence-corrected chi connectivity index (χ2v) is 8.47. The Balaban J connectivity index is 1.23. The van der Waals surface area contributed by atoms with Crippen molar-refractivity contribution in [2.75, 3.05) is 51.3 Å². The zero-order valence-electron chi connectivity index (χ0n) is 18.9. The number of hydrogen-bond acceptors (Lipinski definition) is 5. The summed E-state index contributed by atoms with van der Waals surface area (Å²) < 4.78 is 5.25. The van der Waals surface area contributed by atoms with Gasteiger partial charge in [-0.3, -0.25) is 19.3 Å². The maximum atomic E-state index is 13.1. The van der Waals surface area contributed by atoms with Crippen molar-refractivity contribution in [3.05, 3.63) is 60.2 Å². The van der Waals surface area contributed by atoms with Crippen molar-refractivity contribution in [2.24, 2.45) is 5.92 Å². The minimum atomic E-state index is -0.343. The molecule has 0 bridgehead atoms. The molecule has 2 aromatic carbocycles. The fourth-order valence-corrected chi connectivity index (χ4v) is 4.34. The van der Waals surface area contributed by atoms with E-state index in [1.807, 2.05) is 59.5 Å². The lowest BCUT2D eigenvalue weighted by Crippen LogP contribution is -2.52. The van der Waals surface area contributed by atoms with E-state index in [1.54, 1.807) is 12.0 Å². The van der Waals surface area contributed by atoms with E-state index in [2.05, 4.69) is 10.2 Å². The number of rotatable bonds is 7. The maximum absolute atomic E-state index is 13.1. The SMILES string of the molecule is COc1cccc(N2CC(C(=O)N3CCN(CC(=O)NCc4ccccc4)CC3)CC2=O)c1. The summed E-state index contributed by atoms with van der Waals surface area (Å²) in [7, 11) is 1.59. The molecule has 1 atom stereocenters. The van der Waals surface area contributed by atoms with Gasteiger partial charge < -0.3 is 19.9 Å². The number of benzene rings is 2. The number of nitrogens with zero attached hydrogens (tertiary/aromatic N) is 3. The van der Waals surface area contributed by atoms with Crippen LogP contribution >= 0.6 is 0 Å². The molecule has 2 saturated heterocycles. The normalized spacial score (nSPS) is 18.9. The minimum Gasteiger partial charge on any atom is -0.497 e. The number of amides is 3. The van der Waals surface area contributed by atoms with E-state index in [-0.39, 0.29) is 30.1 Å². The van der Waals surface area contributed by atoms with E-state index in [9.17, 15) is 14.4 Å². The molecule has 1 N–H and O–H groups in total. The molecule has 2 aliphatic rings. The number of carbonyl (C=O) groups excluding carboxylic acids is 3. The van der Waals surface area contributed by atoms with Crippen LogP contribution in [0.3, 0.4) is 0 Å². The number of piperazine rings is 1. The number of anilines is 1. The second kappa shape index (κ2) is 10.5. The Kier molecular flexibility index (Phi) is 7.24. The molecule has 0 radical (unpaired) electrons. The summed E-state index contributed by atoms with van der Waals surface area (Å²) in [5, 5.41) is 2.95. The summed E-state index contributed by atoms with van der Waals surface area (Å²) in [6, 6.07) is 17.1. The van der Waals surface area contributed by atoms with E-state index in [1.165, 1.54) is 0 Å². The van der Waals surface area contributed by atoms with Crippen LogP contribution < -0.4 is 15.0 Å². The molecular weight excluding hydrogens is 420 g/mol. The van der Waals surface area contributed by atoms with E-state index in [0.29, 0.717) is 51.6 Å². The molecule has 3 amide bonds. The first-order chi connectivity index (χ1) is 16.0. The summed E-state index contributed by atoms with van der Waals surface area (Å²) in [4.78, 5) is 43.5. The molecule has 2 heterocycles. The fourth-order valence-electron chi connectivity index (χ4n) is 4.34. The molecule has 0 saturated carbocycles. The van der Waals surface area contributed by atoms with Gasteiger partial charge >= 0.3 is 0 Å². The highest BCUT2D eigenvalue weighted by Gasteiger charge is 2.38. The quantitative estimate of drug-likeness (QED) is 0.692. The summed E-state index contributed by atoms with van der Waals surface area (Å²) >= 11 is 0. The van der Waals surface area contributed by atoms with E-state index in [0.717, 1.165) is 11.3 Å². The lowest BCUT2D eigenvalue weighted by molar-refractivity contribution is -0.137. The molecule has 2 aromatic rings. The van der Waals surface area contributed by atoms with Gasteiger partial charge in [0, 0.05) is 57.4 Å². The maximum Gasteiger partial charge on any atom is 0.234 e. The zero-order valence-corrected chi connectivity index (χ0v) is 18.9. The first-order valence-electron chi connectivity index (χ1n) is 11.3. The monoisotopic (exact) mass is 450 g/mol. The van der Waals surface area contributed by atoms with Gasteiger partial charge in [0.1, 0.15) is 5.75 Å². The summed E-state index contributed by atoms with van der Waals surface area (Å²) in [5.41, 5.74) is 1.82. The van der Waals surface area contributed by atoms with Gasteiger partial charge in [-0.2, -0.15) is 0 Å². The third-order valence-corrected chi connectivity index (χ3v) is 6.22. The van der Waals surface area contributed by atoms with Crippen LogP contribution in [0.2, 0.25) is 0 Å². The van der Waals surface area contributed by atoms with Crippen molar-refractivity contribution in [1.29, 1.82) is 0 Å². The Hall–Kier alpha value is -3.39. The van der Waals surface area contributed by atoms with Crippen molar-refractivity contribution in [3.8, 4) is 5.75 Å². The van der Waals surface area contributed by atoms with Crippen LogP contribution in [0.1, 0.15) is 12.0 Å². The number of ether oxygens (including phenoxy) is 1. The molecular formula is C25H30N4O4. The van der Waals surface area contributed by atoms with E-state index >= 15 is 0 Å². The topological polar surface area (TPSA) is 82.2 Å². The van der Waals surface area contributed by atoms with Crippen LogP contribution in [0.4, 0.5) is 5.69 Å². The number of methoxy groups -OCH3 is 1. The Morgan fingerprint density at radius 2 is 1.79 bits per heavy atom. The lowest BCUT2D eigenvalue weighted by atomic mass is 10.1. The summed E-state index contributed by atoms with van der Waals surface area (Å²) in [6.45, 7) is 3.63. The molecule has 33 heavy (non-hydrogen) atoms. The number of hydrogen-bond donors (Lipinski definition) is 1. The van der Waals surface area contributed by atoms with Gasteiger partial charge in [-0.1, -0.05) is 36.4 Å². The predicted octanol–water partition coefficient (Wildman–Crippen LogP) is 1.51. The largest absolute Gasteiger partial charge is 0.497 e. The van der Waals surface area contributed by atoms with Crippen LogP contribution in [-0.2, 0) is 20.9 Å². The Labute approximate surface area is 194 Å². The Morgan fingerprint density at radius 3 is 2.52 bits per heavy atom. The molecule has 2 aliphatic heterocycles. The highest BCUT2D eigenvalue weighted by Crippen LogP contribution is 2.29. The van der Waals surface area contributed by atoms with Crippen LogP contribution in [-0.4, -0.2) is 73.9 Å². The molecule has 0 spiro atoms. The van der Waals surface area contributed by atoms with Gasteiger partial charge in [-0.05, 0) is 17.7 Å². The predicted molar refractivity (Wildman–Crippen MR) is 125 cm³/mol. The highest BCUT2D eigenvalue weighted by atomic mass is 16.5. The van der Waals surface area contributed by atoms with Gasteiger partial charge in [0.25, 0.3) is 0 Å². The van der Waals surface area contributed by atoms with Crippen molar-refractivity contribution >= 4 is 23.4 Å². The zero-order chi connectivity index (χ0) is 23.2. The highest BCUT2D eigenvalue weighted by molar-refractivity contribution is 6.00. The fraction of sp³-hybridized carbons (Fsp3) is 0.400. The Morgan fingerprint density at radius 1 is 1.03 bits per heavy atom. The average Bonchev–Trinajstić information content (AvgIpc) is 3.25. The Bertz CT molecular complexity index is 989. The summed E-state index contributed by atoms with van der Waals surface area (Å²) in [6.07, 6.45) is 0.220. The molecule has 2 fully saturated rings. The molecule has 0 aromatic heterocycles. The van der Waals surface area contributed by atoms with E-state index in [4.69, 9.17) is 4.74 Å². The third kappa shape index (κ3) is 5.70. The molecule has 4 rings (SSSR count). The standard InChI is InChI=1S/C25H30N4O4/c1-33-22-9-5-8-21(15-22)29-17-20(14-24(29)31)25(32)28-12-10-27(11-13-28)18-23(30)26-16-19-6-3-2-4-7-19/h2-9,15,20H,10-14,16-18H2,1H3,(H,26,30). The first kappa shape index (κ1) is 22.8. The first-order valence-corrected chi connectivity index (χ1v) is 11.3. The third-order valence-electron chi connectivity index (χ3n) is 6.22. The van der Waals surface area contributed by atoms with Gasteiger partial charge in [0.2, 0.25) is 17.7 Å². The minimum absolute atomic E-state index is 0.0157. The van der Waals surface area contributed by atoms with Crippen LogP contribution in [0, 0.1) is 5.92 Å². The van der Waals surface area contributed by atoms with Gasteiger partial charge in [-0.15, -0.1) is 0 Å². The van der Waals surface area contributed by atoms with Crippen LogP contribution in [0.15, 0.2) is 54.6 Å². The molecule has 1 unspecified atom stereocenters. The van der Waals surface area contributed by atoms with Gasteiger partial charge in [-0.25, -0.2) is 0 Å². The van der Waals surface area contributed by atoms with Gasteiger partial charge in [0.05, 0.1) is 19.6 Å². The summed E-state index contributed by atoms with van der Waals surface area (Å²) in [5.74, 6) is 0.287. The molecule has 0 aliphatic carbocycles.